The van der Waals surface area contributed by atoms with Crippen molar-refractivity contribution >= 4 is 8.56 Å². The van der Waals surface area contributed by atoms with E-state index in [1.165, 1.54) is 51.4 Å². The highest BCUT2D eigenvalue weighted by molar-refractivity contribution is 6.64. The maximum Gasteiger partial charge on any atom is 0.331 e. The Morgan fingerprint density at radius 3 is 2.05 bits per heavy atom. The van der Waals surface area contributed by atoms with Crippen LogP contribution in [-0.4, -0.2) is 21.8 Å². The van der Waals surface area contributed by atoms with Crippen molar-refractivity contribution in [1.82, 2.24) is 0 Å². The molecule has 3 heteroatoms. The zero-order valence-electron chi connectivity index (χ0n) is 14.2. The van der Waals surface area contributed by atoms with Crippen LogP contribution in [0.4, 0.5) is 0 Å². The van der Waals surface area contributed by atoms with E-state index < -0.39 is 8.56 Å². The van der Waals surface area contributed by atoms with Gasteiger partial charge in [-0.1, -0.05) is 64.5 Å². The van der Waals surface area contributed by atoms with Gasteiger partial charge in [-0.25, -0.2) is 0 Å². The molecule has 0 fully saturated rings. The SMILES string of the molecule is CCCCCCCCC/C=C/CO[Si](C)(C)OCCC. The van der Waals surface area contributed by atoms with Crippen molar-refractivity contribution in [2.24, 2.45) is 0 Å². The summed E-state index contributed by atoms with van der Waals surface area (Å²) in [6, 6.07) is 0. The molecule has 0 N–H and O–H groups in total. The van der Waals surface area contributed by atoms with Gasteiger partial charge < -0.3 is 8.85 Å². The highest BCUT2D eigenvalue weighted by atomic mass is 28.4. The van der Waals surface area contributed by atoms with Gasteiger partial charge in [-0.05, 0) is 32.4 Å². The van der Waals surface area contributed by atoms with Crippen molar-refractivity contribution in [3.63, 3.8) is 0 Å². The Morgan fingerprint density at radius 2 is 1.40 bits per heavy atom. The highest BCUT2D eigenvalue weighted by Crippen LogP contribution is 2.09. The van der Waals surface area contributed by atoms with E-state index in [2.05, 4.69) is 39.1 Å². The van der Waals surface area contributed by atoms with Gasteiger partial charge in [-0.3, -0.25) is 0 Å². The molecule has 0 aromatic carbocycles. The summed E-state index contributed by atoms with van der Waals surface area (Å²) in [5.41, 5.74) is 0. The summed E-state index contributed by atoms with van der Waals surface area (Å²) < 4.78 is 11.6. The van der Waals surface area contributed by atoms with Crippen LogP contribution >= 0.6 is 0 Å². The lowest BCUT2D eigenvalue weighted by Gasteiger charge is -2.21. The second kappa shape index (κ2) is 13.8. The number of allylic oxidation sites excluding steroid dienone is 1. The second-order valence-electron chi connectivity index (χ2n) is 5.94. The molecule has 20 heavy (non-hydrogen) atoms. The summed E-state index contributed by atoms with van der Waals surface area (Å²) in [6.07, 6.45) is 16.3. The van der Waals surface area contributed by atoms with Gasteiger partial charge in [0, 0.05) is 6.61 Å². The number of rotatable bonds is 14. The fourth-order valence-corrected chi connectivity index (χ4v) is 3.32. The topological polar surface area (TPSA) is 18.5 Å². The molecule has 0 unspecified atom stereocenters. The molecule has 0 atom stereocenters. The Hall–Kier alpha value is -0.123. The zero-order chi connectivity index (χ0) is 15.1. The van der Waals surface area contributed by atoms with Gasteiger partial charge >= 0.3 is 8.56 Å². The summed E-state index contributed by atoms with van der Waals surface area (Å²) in [5, 5.41) is 0. The van der Waals surface area contributed by atoms with Crippen LogP contribution < -0.4 is 0 Å². The van der Waals surface area contributed by atoms with Crippen LogP contribution in [0.2, 0.25) is 13.1 Å². The summed E-state index contributed by atoms with van der Waals surface area (Å²) in [5.74, 6) is 0. The molecule has 0 aliphatic rings. The number of unbranched alkanes of at least 4 members (excludes halogenated alkanes) is 7. The maximum atomic E-state index is 5.83. The third-order valence-electron chi connectivity index (χ3n) is 3.32. The quantitative estimate of drug-likeness (QED) is 0.228. The van der Waals surface area contributed by atoms with Gasteiger partial charge in [-0.15, -0.1) is 0 Å². The third-order valence-corrected chi connectivity index (χ3v) is 5.08. The minimum absolute atomic E-state index is 0.708. The molecular weight excluding hydrogens is 264 g/mol. The van der Waals surface area contributed by atoms with E-state index >= 15 is 0 Å². The van der Waals surface area contributed by atoms with Crippen LogP contribution in [-0.2, 0) is 8.85 Å². The first kappa shape index (κ1) is 19.9. The van der Waals surface area contributed by atoms with E-state index in [0.29, 0.717) is 6.61 Å². The summed E-state index contributed by atoms with van der Waals surface area (Å²) >= 11 is 0. The molecule has 120 valence electrons. The number of hydrogen-bond donors (Lipinski definition) is 0. The van der Waals surface area contributed by atoms with Crippen LogP contribution in [0.25, 0.3) is 0 Å². The molecule has 0 heterocycles. The second-order valence-corrected chi connectivity index (χ2v) is 9.32. The number of hydrogen-bond acceptors (Lipinski definition) is 2. The minimum atomic E-state index is -1.87. The molecule has 0 rings (SSSR count). The third kappa shape index (κ3) is 14.3. The van der Waals surface area contributed by atoms with Crippen molar-refractivity contribution in [3.05, 3.63) is 12.2 Å². The molecule has 0 aliphatic carbocycles. The molecule has 0 amide bonds. The molecular formula is C17H36O2Si. The highest BCUT2D eigenvalue weighted by Gasteiger charge is 2.23. The zero-order valence-corrected chi connectivity index (χ0v) is 15.2. The van der Waals surface area contributed by atoms with Gasteiger partial charge in [0.1, 0.15) is 0 Å². The van der Waals surface area contributed by atoms with E-state index in [4.69, 9.17) is 8.85 Å². The van der Waals surface area contributed by atoms with E-state index in [9.17, 15) is 0 Å². The summed E-state index contributed by atoms with van der Waals surface area (Å²) in [7, 11) is -1.87. The smallest absolute Gasteiger partial charge is 0.331 e. The molecule has 0 bridgehead atoms. The molecule has 0 aliphatic heterocycles. The molecule has 2 nitrogen and oxygen atoms in total. The average Bonchev–Trinajstić information content (AvgIpc) is 2.42. The van der Waals surface area contributed by atoms with Crippen molar-refractivity contribution in [3.8, 4) is 0 Å². The lowest BCUT2D eigenvalue weighted by atomic mass is 10.1. The van der Waals surface area contributed by atoms with Gasteiger partial charge in [0.25, 0.3) is 0 Å². The lowest BCUT2D eigenvalue weighted by Crippen LogP contribution is -2.35. The molecule has 0 aromatic rings. The molecule has 0 spiro atoms. The Labute approximate surface area is 128 Å². The Kier molecular flexibility index (Phi) is 13.8. The Morgan fingerprint density at radius 1 is 0.750 bits per heavy atom. The van der Waals surface area contributed by atoms with Gasteiger partial charge in [0.2, 0.25) is 0 Å². The van der Waals surface area contributed by atoms with Crippen LogP contribution in [0.1, 0.15) is 71.6 Å². The normalized spacial score (nSPS) is 12.4. The monoisotopic (exact) mass is 300 g/mol. The lowest BCUT2D eigenvalue weighted by molar-refractivity contribution is 0.195. The average molecular weight is 301 g/mol. The molecule has 0 saturated heterocycles. The van der Waals surface area contributed by atoms with E-state index in [0.717, 1.165) is 13.0 Å². The maximum absolute atomic E-state index is 5.83. The van der Waals surface area contributed by atoms with Gasteiger partial charge in [0.15, 0.2) is 0 Å². The van der Waals surface area contributed by atoms with Crippen LogP contribution in [0.3, 0.4) is 0 Å². The van der Waals surface area contributed by atoms with E-state index in [-0.39, 0.29) is 0 Å². The molecule has 0 aromatic heterocycles. The predicted octanol–water partition coefficient (Wildman–Crippen LogP) is 5.83. The molecule has 0 radical (unpaired) electrons. The van der Waals surface area contributed by atoms with E-state index in [1.807, 2.05) is 0 Å². The fraction of sp³-hybridized carbons (Fsp3) is 0.882. The van der Waals surface area contributed by atoms with Crippen molar-refractivity contribution in [1.29, 1.82) is 0 Å². The van der Waals surface area contributed by atoms with Gasteiger partial charge in [0.05, 0.1) is 6.61 Å². The fourth-order valence-electron chi connectivity index (χ4n) is 2.04. The van der Waals surface area contributed by atoms with Crippen molar-refractivity contribution in [2.75, 3.05) is 13.2 Å². The van der Waals surface area contributed by atoms with Crippen LogP contribution in [0.5, 0.6) is 0 Å². The first-order chi connectivity index (χ1) is 9.62. The Bertz CT molecular complexity index is 227. The predicted molar refractivity (Wildman–Crippen MR) is 91.4 cm³/mol. The summed E-state index contributed by atoms with van der Waals surface area (Å²) in [4.78, 5) is 0. The minimum Gasteiger partial charge on any atom is -0.395 e. The molecule has 0 saturated carbocycles. The Balaban J connectivity index is 3.35. The van der Waals surface area contributed by atoms with Crippen LogP contribution in [0.15, 0.2) is 12.2 Å². The first-order valence-corrected chi connectivity index (χ1v) is 11.4. The standard InChI is InChI=1S/C17H36O2Si/c1-5-7-8-9-10-11-12-13-14-15-17-19-20(3,4)18-16-6-2/h14-15H,5-13,16-17H2,1-4H3/b15-14+. The largest absolute Gasteiger partial charge is 0.395 e. The van der Waals surface area contributed by atoms with Crippen LogP contribution in [0, 0.1) is 0 Å². The van der Waals surface area contributed by atoms with Gasteiger partial charge in [-0.2, -0.15) is 0 Å². The van der Waals surface area contributed by atoms with Crippen molar-refractivity contribution in [2.45, 2.75) is 84.7 Å². The first-order valence-electron chi connectivity index (χ1n) is 8.55. The summed E-state index contributed by atoms with van der Waals surface area (Å²) in [6.45, 7) is 10.2. The van der Waals surface area contributed by atoms with Crippen molar-refractivity contribution < 1.29 is 8.85 Å². The van der Waals surface area contributed by atoms with E-state index in [1.54, 1.807) is 0 Å².